The van der Waals surface area contributed by atoms with Gasteiger partial charge in [-0.05, 0) is 12.1 Å². The molecule has 1 aromatic carbocycles. The van der Waals surface area contributed by atoms with Crippen molar-refractivity contribution in [1.82, 2.24) is 0 Å². The van der Waals surface area contributed by atoms with Gasteiger partial charge in [-0.1, -0.05) is 21.1 Å². The first-order valence-corrected chi connectivity index (χ1v) is 4.61. The molecule has 0 aromatic heterocycles. The Morgan fingerprint density at radius 1 is 1.29 bits per heavy atom. The summed E-state index contributed by atoms with van der Waals surface area (Å²) in [5.74, 6) is 1.16. The zero-order chi connectivity index (χ0) is 10.6. The Morgan fingerprint density at radius 2 is 1.79 bits per heavy atom. The highest BCUT2D eigenvalue weighted by molar-refractivity contribution is 9.10. The molecule has 5 heteroatoms. The summed E-state index contributed by atoms with van der Waals surface area (Å²) in [6.45, 7) is 0. The van der Waals surface area contributed by atoms with Crippen LogP contribution in [-0.2, 0) is 0 Å². The third kappa shape index (κ3) is 2.17. The Bertz CT molecular complexity index is 327. The van der Waals surface area contributed by atoms with Gasteiger partial charge in [-0.15, -0.1) is 0 Å². The van der Waals surface area contributed by atoms with E-state index < -0.39 is 0 Å². The minimum Gasteiger partial charge on any atom is -0.496 e. The number of ether oxygens (including phenoxy) is 2. The lowest BCUT2D eigenvalue weighted by atomic mass is 10.2. The van der Waals surface area contributed by atoms with E-state index in [0.29, 0.717) is 17.1 Å². The molecule has 0 saturated carbocycles. The molecule has 14 heavy (non-hydrogen) atoms. The third-order valence-electron chi connectivity index (χ3n) is 1.70. The summed E-state index contributed by atoms with van der Waals surface area (Å²) in [4.78, 5) is 0. The van der Waals surface area contributed by atoms with E-state index >= 15 is 0 Å². The second-order valence-corrected chi connectivity index (χ2v) is 3.38. The molecule has 0 spiro atoms. The molecule has 1 rings (SSSR count). The first kappa shape index (κ1) is 10.8. The van der Waals surface area contributed by atoms with Gasteiger partial charge >= 0.3 is 0 Å². The summed E-state index contributed by atoms with van der Waals surface area (Å²) >= 11 is 3.31. The van der Waals surface area contributed by atoms with Crippen LogP contribution in [0.15, 0.2) is 21.8 Å². The highest BCUT2D eigenvalue weighted by atomic mass is 79.9. The summed E-state index contributed by atoms with van der Waals surface area (Å²) in [5, 5.41) is 11.4. The van der Waals surface area contributed by atoms with E-state index in [4.69, 9.17) is 14.7 Å². The van der Waals surface area contributed by atoms with Gasteiger partial charge in [0, 0.05) is 4.47 Å². The maximum atomic E-state index is 8.48. The molecule has 0 atom stereocenters. The van der Waals surface area contributed by atoms with Crippen LogP contribution in [0.3, 0.4) is 0 Å². The Labute approximate surface area is 90.3 Å². The first-order valence-electron chi connectivity index (χ1n) is 3.82. The quantitative estimate of drug-likeness (QED) is 0.515. The largest absolute Gasteiger partial charge is 0.496 e. The molecule has 0 fully saturated rings. The fourth-order valence-electron chi connectivity index (χ4n) is 1.09. The van der Waals surface area contributed by atoms with E-state index in [0.717, 1.165) is 4.47 Å². The maximum Gasteiger partial charge on any atom is 0.132 e. The summed E-state index contributed by atoms with van der Waals surface area (Å²) in [6.07, 6.45) is 1.27. The number of methoxy groups -OCH3 is 2. The van der Waals surface area contributed by atoms with Gasteiger partial charge in [0.25, 0.3) is 0 Å². The highest BCUT2D eigenvalue weighted by Gasteiger charge is 2.09. The molecule has 0 saturated heterocycles. The molecule has 76 valence electrons. The predicted molar refractivity (Wildman–Crippen MR) is 56.6 cm³/mol. The maximum absolute atomic E-state index is 8.48. The molecule has 0 aliphatic carbocycles. The van der Waals surface area contributed by atoms with Gasteiger partial charge in [0.15, 0.2) is 0 Å². The van der Waals surface area contributed by atoms with E-state index in [1.54, 1.807) is 12.1 Å². The van der Waals surface area contributed by atoms with Gasteiger partial charge in [0.2, 0.25) is 0 Å². The van der Waals surface area contributed by atoms with Gasteiger partial charge < -0.3 is 14.7 Å². The summed E-state index contributed by atoms with van der Waals surface area (Å²) < 4.78 is 11.1. The van der Waals surface area contributed by atoms with Crippen molar-refractivity contribution in [3.8, 4) is 11.5 Å². The fourth-order valence-corrected chi connectivity index (χ4v) is 1.51. The van der Waals surface area contributed by atoms with Gasteiger partial charge in [0.05, 0.1) is 26.0 Å². The number of rotatable bonds is 3. The number of halogens is 1. The van der Waals surface area contributed by atoms with Gasteiger partial charge in [-0.2, -0.15) is 0 Å². The molecule has 0 heterocycles. The van der Waals surface area contributed by atoms with Crippen molar-refractivity contribution >= 4 is 22.1 Å². The van der Waals surface area contributed by atoms with Crippen molar-refractivity contribution in [3.63, 3.8) is 0 Å². The van der Waals surface area contributed by atoms with E-state index in [2.05, 4.69) is 21.1 Å². The molecule has 0 radical (unpaired) electrons. The van der Waals surface area contributed by atoms with Crippen LogP contribution >= 0.6 is 15.9 Å². The average molecular weight is 260 g/mol. The third-order valence-corrected chi connectivity index (χ3v) is 2.15. The average Bonchev–Trinajstić information content (AvgIpc) is 2.20. The predicted octanol–water partition coefficient (Wildman–Crippen LogP) is 2.27. The van der Waals surface area contributed by atoms with Crippen molar-refractivity contribution in [2.45, 2.75) is 0 Å². The highest BCUT2D eigenvalue weighted by Crippen LogP contribution is 2.31. The number of nitrogens with zero attached hydrogens (tertiary/aromatic N) is 1. The summed E-state index contributed by atoms with van der Waals surface area (Å²) in [5.41, 5.74) is 0.598. The van der Waals surface area contributed by atoms with Crippen molar-refractivity contribution in [2.75, 3.05) is 14.2 Å². The molecule has 4 nitrogen and oxygen atoms in total. The Hall–Kier alpha value is -1.23. The molecule has 0 unspecified atom stereocenters. The second-order valence-electron chi connectivity index (χ2n) is 2.47. The van der Waals surface area contributed by atoms with Gasteiger partial charge in [0.1, 0.15) is 11.5 Å². The van der Waals surface area contributed by atoms with E-state index in [1.807, 2.05) is 0 Å². The summed E-state index contributed by atoms with van der Waals surface area (Å²) in [6, 6.07) is 3.53. The molecule has 0 aliphatic rings. The molecular weight excluding hydrogens is 250 g/mol. The topological polar surface area (TPSA) is 51.0 Å². The normalized spacial score (nSPS) is 10.5. The lowest BCUT2D eigenvalue weighted by molar-refractivity contribution is 0.321. The number of benzene rings is 1. The molecular formula is C9H10BrNO3. The minimum absolute atomic E-state index is 0.578. The number of hydrogen-bond donors (Lipinski definition) is 1. The Morgan fingerprint density at radius 3 is 2.14 bits per heavy atom. The van der Waals surface area contributed by atoms with Crippen LogP contribution in [0.25, 0.3) is 0 Å². The van der Waals surface area contributed by atoms with E-state index in [9.17, 15) is 0 Å². The Balaban J connectivity index is 3.32. The monoisotopic (exact) mass is 259 g/mol. The second kappa shape index (κ2) is 4.85. The van der Waals surface area contributed by atoms with Crippen LogP contribution in [0.2, 0.25) is 0 Å². The minimum atomic E-state index is 0.578. The van der Waals surface area contributed by atoms with Crippen molar-refractivity contribution < 1.29 is 14.7 Å². The van der Waals surface area contributed by atoms with Crippen molar-refractivity contribution in [2.24, 2.45) is 5.16 Å². The lowest BCUT2D eigenvalue weighted by Crippen LogP contribution is -1.96. The molecule has 1 N–H and O–H groups in total. The smallest absolute Gasteiger partial charge is 0.132 e. The molecule has 0 aliphatic heterocycles. The molecule has 0 amide bonds. The SMILES string of the molecule is COc1cc(Br)cc(OC)c1/C=N/O. The van der Waals surface area contributed by atoms with Crippen molar-refractivity contribution in [1.29, 1.82) is 0 Å². The number of hydrogen-bond acceptors (Lipinski definition) is 4. The van der Waals surface area contributed by atoms with Crippen LogP contribution in [0, 0.1) is 0 Å². The van der Waals surface area contributed by atoms with Gasteiger partial charge in [-0.25, -0.2) is 0 Å². The molecule has 0 bridgehead atoms. The van der Waals surface area contributed by atoms with Crippen molar-refractivity contribution in [3.05, 3.63) is 22.2 Å². The van der Waals surface area contributed by atoms with Crippen LogP contribution in [0.5, 0.6) is 11.5 Å². The Kier molecular flexibility index (Phi) is 3.76. The molecule has 1 aromatic rings. The van der Waals surface area contributed by atoms with E-state index in [1.165, 1.54) is 20.4 Å². The zero-order valence-electron chi connectivity index (χ0n) is 7.82. The van der Waals surface area contributed by atoms with Crippen LogP contribution in [0.4, 0.5) is 0 Å². The zero-order valence-corrected chi connectivity index (χ0v) is 9.41. The lowest BCUT2D eigenvalue weighted by Gasteiger charge is -2.09. The fraction of sp³-hybridized carbons (Fsp3) is 0.222. The first-order chi connectivity index (χ1) is 6.72. The summed E-state index contributed by atoms with van der Waals surface area (Å²) in [7, 11) is 3.08. The van der Waals surface area contributed by atoms with Crippen LogP contribution < -0.4 is 9.47 Å². The standard InChI is InChI=1S/C9H10BrNO3/c1-13-8-3-6(10)4-9(14-2)7(8)5-11-12/h3-5,12H,1-2H3/b11-5+. The van der Waals surface area contributed by atoms with E-state index in [-0.39, 0.29) is 0 Å². The van der Waals surface area contributed by atoms with Crippen LogP contribution in [-0.4, -0.2) is 25.6 Å². The van der Waals surface area contributed by atoms with Crippen LogP contribution in [0.1, 0.15) is 5.56 Å². The number of oxime groups is 1. The van der Waals surface area contributed by atoms with Gasteiger partial charge in [-0.3, -0.25) is 0 Å².